The molecule has 99 heavy (non-hydrogen) atoms. The van der Waals surface area contributed by atoms with Crippen LogP contribution in [-0.4, -0.2) is 312 Å². The molecule has 590 valence electrons. The Morgan fingerprint density at radius 2 is 0.717 bits per heavy atom. The lowest BCUT2D eigenvalue weighted by Crippen LogP contribution is -2.60. The number of hydrogen-bond acceptors (Lipinski definition) is 30. The van der Waals surface area contributed by atoms with E-state index in [9.17, 15) is 100 Å². The summed E-state index contributed by atoms with van der Waals surface area (Å²) < 4.78 is 16.6. The first-order valence-corrected chi connectivity index (χ1v) is 32.0. The van der Waals surface area contributed by atoms with Crippen LogP contribution in [0.15, 0.2) is 11.8 Å². The van der Waals surface area contributed by atoms with Crippen LogP contribution in [0.4, 0.5) is 0 Å². The van der Waals surface area contributed by atoms with Crippen molar-refractivity contribution in [1.29, 1.82) is 0 Å². The Hall–Kier alpha value is -3.76. The lowest BCUT2D eigenvalue weighted by molar-refractivity contribution is -0.244. The molecule has 0 saturated carbocycles. The van der Waals surface area contributed by atoms with Gasteiger partial charge in [-0.05, 0) is 37.2 Å². The molecule has 3 aliphatic heterocycles. The van der Waals surface area contributed by atoms with Crippen LogP contribution in [0.1, 0.15) is 180 Å². The van der Waals surface area contributed by atoms with Crippen LogP contribution in [-0.2, 0) is 43.0 Å². The summed E-state index contributed by atoms with van der Waals surface area (Å²) in [6, 6.07) is 0. The average molecular weight is 1450 g/mol. The number of Topliss-reactive ketones (excluding diaryl/α,β-unsaturated/α-hetero) is 4. The molecule has 0 radical (unpaired) electrons. The molecule has 0 bridgehead atoms. The van der Waals surface area contributed by atoms with Crippen LogP contribution < -0.4 is 0 Å². The van der Waals surface area contributed by atoms with Gasteiger partial charge in [-0.1, -0.05) is 160 Å². The quantitative estimate of drug-likeness (QED) is 0.0754. The minimum Gasteiger partial charge on any atom is -0.492 e. The van der Waals surface area contributed by atoms with Crippen LogP contribution in [0.3, 0.4) is 0 Å². The molecule has 0 aromatic rings. The number of carboxylic acids is 2. The number of allylic oxidation sites excluding steroid dienone is 1. The number of hydrogen-bond donors (Lipinski definition) is 23. The monoisotopic (exact) mass is 1450 g/mol. The number of aliphatic hydroxyl groups excluding tert-OH is 21. The highest BCUT2D eigenvalue weighted by atomic mass is 16.5. The van der Waals surface area contributed by atoms with E-state index in [4.69, 9.17) is 60.2 Å². The molecule has 0 aromatic carbocycles. The summed E-state index contributed by atoms with van der Waals surface area (Å²) in [4.78, 5) is 65.9. The first-order chi connectivity index (χ1) is 43.5. The lowest BCUT2D eigenvalue weighted by Gasteiger charge is -2.45. The smallest absolute Gasteiger partial charge is 0.335 e. The zero-order valence-corrected chi connectivity index (χ0v) is 61.5. The van der Waals surface area contributed by atoms with Gasteiger partial charge in [0, 0.05) is 27.1 Å². The zero-order valence-electron chi connectivity index (χ0n) is 61.5. The van der Waals surface area contributed by atoms with Gasteiger partial charge in [-0.2, -0.15) is 0 Å². The predicted molar refractivity (Wildman–Crippen MR) is 358 cm³/mol. The molecule has 2 fully saturated rings. The summed E-state index contributed by atoms with van der Waals surface area (Å²) in [7, 11) is 0. The molecule has 0 aromatic heterocycles. The fourth-order valence-corrected chi connectivity index (χ4v) is 8.83. The van der Waals surface area contributed by atoms with E-state index in [0.717, 1.165) is 0 Å². The molecule has 2 saturated heterocycles. The molecule has 32 heteroatoms. The molecular formula is C67H130O32. The second-order valence-corrected chi connectivity index (χ2v) is 31.9. The normalized spacial score (nSPS) is 27.7. The fourth-order valence-electron chi connectivity index (χ4n) is 8.83. The third-order valence-corrected chi connectivity index (χ3v) is 15.2. The van der Waals surface area contributed by atoms with Crippen molar-refractivity contribution in [2.45, 2.75) is 327 Å². The van der Waals surface area contributed by atoms with E-state index < -0.39 is 205 Å². The number of aliphatic carboxylic acids is 2. The van der Waals surface area contributed by atoms with E-state index >= 15 is 0 Å². The maximum Gasteiger partial charge on any atom is 0.335 e. The molecule has 0 amide bonds. The van der Waals surface area contributed by atoms with Gasteiger partial charge in [-0.15, -0.1) is 0 Å². The van der Waals surface area contributed by atoms with E-state index in [-0.39, 0.29) is 35.6 Å². The highest BCUT2D eigenvalue weighted by Crippen LogP contribution is 2.36. The largest absolute Gasteiger partial charge is 0.492 e. The van der Waals surface area contributed by atoms with Crippen LogP contribution in [0.5, 0.6) is 0 Å². The van der Waals surface area contributed by atoms with Crippen LogP contribution in [0, 0.1) is 37.9 Å². The number of ketones is 4. The first kappa shape index (κ1) is 104. The van der Waals surface area contributed by atoms with Gasteiger partial charge in [0.25, 0.3) is 0 Å². The van der Waals surface area contributed by atoms with Crippen LogP contribution >= 0.6 is 0 Å². The van der Waals surface area contributed by atoms with Gasteiger partial charge >= 0.3 is 11.9 Å². The molecule has 0 aliphatic carbocycles. The highest BCUT2D eigenvalue weighted by molar-refractivity contribution is 5.92. The summed E-state index contributed by atoms with van der Waals surface area (Å²) >= 11 is 0. The van der Waals surface area contributed by atoms with Crippen LogP contribution in [0.2, 0.25) is 0 Å². The Morgan fingerprint density at radius 1 is 0.404 bits per heavy atom. The van der Waals surface area contributed by atoms with E-state index in [2.05, 4.69) is 0 Å². The Bertz CT molecular complexity index is 2400. The molecule has 32 nitrogen and oxygen atoms in total. The number of carbonyl (C=O) groups excluding carboxylic acids is 4. The van der Waals surface area contributed by atoms with Crippen LogP contribution in [0.25, 0.3) is 0 Å². The highest BCUT2D eigenvalue weighted by Gasteiger charge is 2.49. The molecular weight excluding hydrogens is 1320 g/mol. The fraction of sp³-hybridized carbons (Fsp3) is 0.881. The molecule has 3 heterocycles. The number of aliphatic hydroxyl groups is 21. The predicted octanol–water partition coefficient (Wildman–Crippen LogP) is -2.58. The van der Waals surface area contributed by atoms with Gasteiger partial charge in [0.1, 0.15) is 110 Å². The summed E-state index contributed by atoms with van der Waals surface area (Å²) in [5.41, 5.74) is -3.95. The standard InChI is InChI=1S/C11H22O4.C10H18O7.C10H20O6.C10H20O4.C10H18O3.C8H14O5.C7H14O3.CH4/c1-5-6-7(12)8(13)9(14)10(15-6)11(2,3)4;1-10(2,3)8(15)6(13)4(11)5(12)7(14)9(16)17;1-10(2,3)9(16)8(15)7(14)6(13)5(12)4-11;1-5-6(11)7(12)8(13)9(14-5)10(2,3)4;1-6-5-7(11)8(12)9(13-6)10(2,3)4;1-8(2,3)6(11)4(9)5(10)7(12)13;1-7(2,3)6(10)5(9)4-8;/h6-10,12-14H,5H2,1-4H3;4-7,11-14H,1-3H3,(H,16,17);5-8,11-15H,4H2,1-3H3;5-9,11-13H,1-4H3;5,7-9,11-12H,1-4H3;4-5,9-10H,1-3H3,(H,12,13);5,8-9H,4H2,1-3H3;1H4. The van der Waals surface area contributed by atoms with Crippen molar-refractivity contribution >= 4 is 35.1 Å². The molecule has 3 aliphatic rings. The number of carbonyl (C=O) groups is 6. The van der Waals surface area contributed by atoms with Crippen molar-refractivity contribution in [3.8, 4) is 0 Å². The first-order valence-electron chi connectivity index (χ1n) is 32.0. The van der Waals surface area contributed by atoms with E-state index in [1.165, 1.54) is 47.6 Å². The molecule has 23 N–H and O–H groups in total. The molecule has 24 atom stereocenters. The van der Waals surface area contributed by atoms with Crippen molar-refractivity contribution in [3.63, 3.8) is 0 Å². The van der Waals surface area contributed by atoms with Crippen molar-refractivity contribution < 1.29 is 160 Å². The number of ether oxygens (including phenoxy) is 3. The van der Waals surface area contributed by atoms with Crippen molar-refractivity contribution in [2.75, 3.05) is 13.2 Å². The van der Waals surface area contributed by atoms with Crippen molar-refractivity contribution in [2.24, 2.45) is 37.9 Å². The van der Waals surface area contributed by atoms with E-state index in [1.807, 2.05) is 69.2 Å². The lowest BCUT2D eigenvalue weighted by atomic mass is 9.80. The van der Waals surface area contributed by atoms with E-state index in [1.54, 1.807) is 55.4 Å². The van der Waals surface area contributed by atoms with Crippen molar-refractivity contribution in [1.82, 2.24) is 0 Å². The Kier molecular flexibility index (Phi) is 45.0. The Morgan fingerprint density at radius 3 is 1.01 bits per heavy atom. The summed E-state index contributed by atoms with van der Waals surface area (Å²) in [6.07, 6.45) is -28.4. The van der Waals surface area contributed by atoms with Gasteiger partial charge in [0.2, 0.25) is 0 Å². The third-order valence-electron chi connectivity index (χ3n) is 15.2. The summed E-state index contributed by atoms with van der Waals surface area (Å²) in [5, 5.41) is 212. The maximum atomic E-state index is 11.6. The average Bonchev–Trinajstić information content (AvgIpc) is 0.806. The SMILES string of the molecule is C.CC(C)(C)C(=O)C(O)C(O)C(=O)O.CC(C)(C)C(=O)C(O)C(O)C(O)C(O)C(=O)O.CC(C)(C)C(=O)C(O)C(O)C(O)C(O)CO.CC(C)(C)C(=O)C(O)CO.CC1=CC(O)C(O)C(C(C)(C)C)O1.CC1OC(C(C)(C)C)C(O)C(O)C1O.CCC1OC(C(C)(C)C)C(O)C(O)C1O. The molecule has 24 unspecified atom stereocenters. The summed E-state index contributed by atoms with van der Waals surface area (Å²) in [6.45, 7) is 40.5. The zero-order chi connectivity index (χ0) is 79.3. The van der Waals surface area contributed by atoms with Gasteiger partial charge in [0.15, 0.2) is 35.3 Å². The van der Waals surface area contributed by atoms with Gasteiger partial charge in [-0.25, -0.2) is 9.59 Å². The molecule has 3 rings (SSSR count). The second kappa shape index (κ2) is 42.9. The number of rotatable bonds is 16. The Labute approximate surface area is 583 Å². The minimum atomic E-state index is -2.27. The van der Waals surface area contributed by atoms with E-state index in [0.29, 0.717) is 12.2 Å². The van der Waals surface area contributed by atoms with Gasteiger partial charge in [0.05, 0.1) is 43.4 Å². The van der Waals surface area contributed by atoms with Gasteiger partial charge < -0.3 is 132 Å². The molecule has 0 spiro atoms. The minimum absolute atomic E-state index is 0. The van der Waals surface area contributed by atoms with Gasteiger partial charge in [-0.3, -0.25) is 19.2 Å². The summed E-state index contributed by atoms with van der Waals surface area (Å²) in [5.74, 6) is -5.11. The second-order valence-electron chi connectivity index (χ2n) is 31.9. The topological polar surface area (TPSA) is 595 Å². The Balaban J connectivity index is -0.000000348. The van der Waals surface area contributed by atoms with Crippen molar-refractivity contribution in [3.05, 3.63) is 11.8 Å². The maximum absolute atomic E-state index is 11.6. The number of carboxylic acid groups (broad SMARTS) is 2. The third kappa shape index (κ3) is 34.6.